The molecule has 1 aromatic rings. The van der Waals surface area contributed by atoms with Gasteiger partial charge in [-0.05, 0) is 42.9 Å². The smallest absolute Gasteiger partial charge is 0.253 e. The molecule has 0 aliphatic heterocycles. The van der Waals surface area contributed by atoms with Gasteiger partial charge in [-0.15, -0.1) is 0 Å². The maximum Gasteiger partial charge on any atom is 0.253 e. The number of nitrogens with zero attached hydrogens (tertiary/aromatic N) is 2. The number of carbonyl (C=O) groups excluding carboxylic acids is 1. The molecule has 2 atom stereocenters. The van der Waals surface area contributed by atoms with Crippen molar-refractivity contribution in [2.75, 3.05) is 27.7 Å². The lowest BCUT2D eigenvalue weighted by Gasteiger charge is -2.28. The normalized spacial score (nSPS) is 20.9. The van der Waals surface area contributed by atoms with Crippen LogP contribution in [0.4, 0.5) is 0 Å². The standard InChI is InChI=1S/C20H32N4O/c1-15-7-5-10-18(13-15)23-20(21-2)22-12-11-16-8-6-9-17(14-16)19(25)24(3)4/h6,8-9,14-15,18H,5,7,10-13H2,1-4H3,(H2,21,22,23). The molecule has 1 aliphatic carbocycles. The molecule has 1 fully saturated rings. The first kappa shape index (κ1) is 19.3. The van der Waals surface area contributed by atoms with Crippen LogP contribution in [0.25, 0.3) is 0 Å². The first-order valence-electron chi connectivity index (χ1n) is 9.27. The SMILES string of the molecule is CN=C(NCCc1cccc(C(=O)N(C)C)c1)NC1CCCC(C)C1. The Kier molecular flexibility index (Phi) is 7.29. The summed E-state index contributed by atoms with van der Waals surface area (Å²) in [4.78, 5) is 18.0. The molecule has 2 rings (SSSR count). The molecule has 2 unspecified atom stereocenters. The van der Waals surface area contributed by atoms with Crippen LogP contribution in [0.5, 0.6) is 0 Å². The second kappa shape index (κ2) is 9.44. The van der Waals surface area contributed by atoms with Gasteiger partial charge in [0.2, 0.25) is 0 Å². The van der Waals surface area contributed by atoms with Crippen LogP contribution in [0.1, 0.15) is 48.5 Å². The van der Waals surface area contributed by atoms with Crippen molar-refractivity contribution < 1.29 is 4.79 Å². The second-order valence-electron chi connectivity index (χ2n) is 7.26. The fourth-order valence-corrected chi connectivity index (χ4v) is 3.40. The monoisotopic (exact) mass is 344 g/mol. The van der Waals surface area contributed by atoms with Gasteiger partial charge in [-0.3, -0.25) is 9.79 Å². The van der Waals surface area contributed by atoms with Gasteiger partial charge in [-0.2, -0.15) is 0 Å². The van der Waals surface area contributed by atoms with E-state index in [1.807, 2.05) is 25.2 Å². The second-order valence-corrected chi connectivity index (χ2v) is 7.26. The van der Waals surface area contributed by atoms with Crippen molar-refractivity contribution in [1.29, 1.82) is 0 Å². The number of carbonyl (C=O) groups is 1. The Morgan fingerprint density at radius 1 is 1.32 bits per heavy atom. The van der Waals surface area contributed by atoms with Gasteiger partial charge in [0.05, 0.1) is 0 Å². The van der Waals surface area contributed by atoms with Crippen molar-refractivity contribution in [3.63, 3.8) is 0 Å². The van der Waals surface area contributed by atoms with E-state index in [0.717, 1.165) is 36.0 Å². The largest absolute Gasteiger partial charge is 0.356 e. The van der Waals surface area contributed by atoms with Crippen LogP contribution in [-0.4, -0.2) is 50.5 Å². The number of nitrogens with one attached hydrogen (secondary N) is 2. The number of amides is 1. The summed E-state index contributed by atoms with van der Waals surface area (Å²) in [5.74, 6) is 1.71. The summed E-state index contributed by atoms with van der Waals surface area (Å²) in [6.07, 6.45) is 5.93. The molecule has 0 radical (unpaired) electrons. The topological polar surface area (TPSA) is 56.7 Å². The lowest BCUT2D eigenvalue weighted by atomic mass is 9.87. The number of hydrogen-bond donors (Lipinski definition) is 2. The minimum atomic E-state index is 0.0405. The molecule has 25 heavy (non-hydrogen) atoms. The Morgan fingerprint density at radius 2 is 2.12 bits per heavy atom. The average Bonchev–Trinajstić information content (AvgIpc) is 2.60. The molecule has 2 N–H and O–H groups in total. The molecule has 0 spiro atoms. The van der Waals surface area contributed by atoms with E-state index in [0.29, 0.717) is 6.04 Å². The quantitative estimate of drug-likeness (QED) is 0.638. The van der Waals surface area contributed by atoms with Gasteiger partial charge < -0.3 is 15.5 Å². The highest BCUT2D eigenvalue weighted by Gasteiger charge is 2.19. The Morgan fingerprint density at radius 3 is 2.80 bits per heavy atom. The number of guanidine groups is 1. The van der Waals surface area contributed by atoms with Crippen molar-refractivity contribution in [1.82, 2.24) is 15.5 Å². The number of hydrogen-bond acceptors (Lipinski definition) is 2. The number of benzene rings is 1. The number of aliphatic imine (C=N–C) groups is 1. The minimum Gasteiger partial charge on any atom is -0.356 e. The maximum atomic E-state index is 12.1. The third kappa shape index (κ3) is 6.07. The van der Waals surface area contributed by atoms with Crippen molar-refractivity contribution in [2.24, 2.45) is 10.9 Å². The van der Waals surface area contributed by atoms with E-state index < -0.39 is 0 Å². The van der Waals surface area contributed by atoms with Crippen LogP contribution in [0.3, 0.4) is 0 Å². The van der Waals surface area contributed by atoms with Gasteiger partial charge in [0.1, 0.15) is 0 Å². The zero-order chi connectivity index (χ0) is 18.2. The highest BCUT2D eigenvalue weighted by Crippen LogP contribution is 2.23. The van der Waals surface area contributed by atoms with Gasteiger partial charge in [0.15, 0.2) is 5.96 Å². The van der Waals surface area contributed by atoms with E-state index in [-0.39, 0.29) is 5.91 Å². The molecular formula is C20H32N4O. The summed E-state index contributed by atoms with van der Waals surface area (Å²) in [6, 6.07) is 8.37. The molecular weight excluding hydrogens is 312 g/mol. The summed E-state index contributed by atoms with van der Waals surface area (Å²) < 4.78 is 0. The van der Waals surface area contributed by atoms with Crippen molar-refractivity contribution in [3.05, 3.63) is 35.4 Å². The molecule has 5 heteroatoms. The number of rotatable bonds is 5. The van der Waals surface area contributed by atoms with Crippen molar-refractivity contribution in [3.8, 4) is 0 Å². The van der Waals surface area contributed by atoms with Crippen LogP contribution >= 0.6 is 0 Å². The first-order valence-corrected chi connectivity index (χ1v) is 9.27. The highest BCUT2D eigenvalue weighted by atomic mass is 16.2. The molecule has 1 aromatic carbocycles. The Hall–Kier alpha value is -2.04. The Bertz CT molecular complexity index is 597. The summed E-state index contributed by atoms with van der Waals surface area (Å²) >= 11 is 0. The summed E-state index contributed by atoms with van der Waals surface area (Å²) in [6.45, 7) is 3.12. The van der Waals surface area contributed by atoms with Crippen molar-refractivity contribution >= 4 is 11.9 Å². The predicted molar refractivity (Wildman–Crippen MR) is 104 cm³/mol. The van der Waals surface area contributed by atoms with Crippen LogP contribution < -0.4 is 10.6 Å². The third-order valence-corrected chi connectivity index (χ3v) is 4.79. The summed E-state index contributed by atoms with van der Waals surface area (Å²) in [5.41, 5.74) is 1.89. The lowest BCUT2D eigenvalue weighted by Crippen LogP contribution is -2.45. The third-order valence-electron chi connectivity index (χ3n) is 4.79. The van der Waals surface area contributed by atoms with Crippen molar-refractivity contribution in [2.45, 2.75) is 45.1 Å². The molecule has 1 saturated carbocycles. The zero-order valence-electron chi connectivity index (χ0n) is 16.0. The Labute approximate surface area is 151 Å². The minimum absolute atomic E-state index is 0.0405. The molecule has 0 aromatic heterocycles. The zero-order valence-corrected chi connectivity index (χ0v) is 16.0. The van der Waals surface area contributed by atoms with Gasteiger partial charge in [-0.1, -0.05) is 31.9 Å². The lowest BCUT2D eigenvalue weighted by molar-refractivity contribution is 0.0827. The molecule has 0 heterocycles. The summed E-state index contributed by atoms with van der Waals surface area (Å²) in [7, 11) is 5.37. The van der Waals surface area contributed by atoms with Crippen LogP contribution in [-0.2, 0) is 6.42 Å². The van der Waals surface area contributed by atoms with E-state index in [1.54, 1.807) is 19.0 Å². The van der Waals surface area contributed by atoms with Crippen LogP contribution in [0.15, 0.2) is 29.3 Å². The summed E-state index contributed by atoms with van der Waals surface area (Å²) in [5, 5.41) is 6.94. The fourth-order valence-electron chi connectivity index (χ4n) is 3.40. The van der Waals surface area contributed by atoms with E-state index in [2.05, 4.69) is 28.6 Å². The Balaban J connectivity index is 1.82. The van der Waals surface area contributed by atoms with E-state index >= 15 is 0 Å². The fraction of sp³-hybridized carbons (Fsp3) is 0.600. The molecule has 5 nitrogen and oxygen atoms in total. The predicted octanol–water partition coefficient (Wildman–Crippen LogP) is 2.67. The van der Waals surface area contributed by atoms with Crippen LogP contribution in [0, 0.1) is 5.92 Å². The van der Waals surface area contributed by atoms with E-state index in [4.69, 9.17) is 0 Å². The van der Waals surface area contributed by atoms with Gasteiger partial charge in [0.25, 0.3) is 5.91 Å². The van der Waals surface area contributed by atoms with Crippen LogP contribution in [0.2, 0.25) is 0 Å². The van der Waals surface area contributed by atoms with Gasteiger partial charge in [0, 0.05) is 39.3 Å². The molecule has 1 aliphatic rings. The van der Waals surface area contributed by atoms with E-state index in [9.17, 15) is 4.79 Å². The molecule has 0 bridgehead atoms. The molecule has 138 valence electrons. The maximum absolute atomic E-state index is 12.1. The average molecular weight is 345 g/mol. The van der Waals surface area contributed by atoms with Gasteiger partial charge >= 0.3 is 0 Å². The molecule has 0 saturated heterocycles. The van der Waals surface area contributed by atoms with E-state index in [1.165, 1.54) is 25.7 Å². The highest BCUT2D eigenvalue weighted by molar-refractivity contribution is 5.94. The first-order chi connectivity index (χ1) is 12.0. The molecule has 1 amide bonds. The van der Waals surface area contributed by atoms with Gasteiger partial charge in [-0.25, -0.2) is 0 Å².